The van der Waals surface area contributed by atoms with Gasteiger partial charge in [0.15, 0.2) is 5.78 Å². The summed E-state index contributed by atoms with van der Waals surface area (Å²) >= 11 is 0. The SMILES string of the molecule is Cc1ccc2cc(C(=O)C(C)(C)C#N)ccc2c1. The summed E-state index contributed by atoms with van der Waals surface area (Å²) in [6.45, 7) is 5.33. The second kappa shape index (κ2) is 4.27. The first-order chi connectivity index (χ1) is 8.44. The smallest absolute Gasteiger partial charge is 0.182 e. The molecule has 0 aliphatic heterocycles. The first-order valence-electron chi connectivity index (χ1n) is 5.90. The Morgan fingerprint density at radius 3 is 2.39 bits per heavy atom. The molecule has 0 bridgehead atoms. The fraction of sp³-hybridized carbons (Fsp3) is 0.250. The van der Waals surface area contributed by atoms with E-state index in [4.69, 9.17) is 5.26 Å². The van der Waals surface area contributed by atoms with Crippen molar-refractivity contribution >= 4 is 16.6 Å². The molecule has 0 aliphatic carbocycles. The summed E-state index contributed by atoms with van der Waals surface area (Å²) in [7, 11) is 0. The van der Waals surface area contributed by atoms with Gasteiger partial charge in [0, 0.05) is 5.56 Å². The fourth-order valence-corrected chi connectivity index (χ4v) is 1.92. The lowest BCUT2D eigenvalue weighted by atomic mass is 9.85. The molecule has 0 spiro atoms. The lowest BCUT2D eigenvalue weighted by molar-refractivity contribution is 0.0892. The zero-order valence-corrected chi connectivity index (χ0v) is 10.8. The number of hydrogen-bond acceptors (Lipinski definition) is 2. The largest absolute Gasteiger partial charge is 0.292 e. The molecule has 0 N–H and O–H groups in total. The number of aryl methyl sites for hydroxylation is 1. The molecule has 0 amide bonds. The zero-order valence-electron chi connectivity index (χ0n) is 10.8. The Morgan fingerprint density at radius 1 is 1.11 bits per heavy atom. The van der Waals surface area contributed by atoms with Crippen molar-refractivity contribution in [1.82, 2.24) is 0 Å². The molecule has 2 heteroatoms. The van der Waals surface area contributed by atoms with Crippen LogP contribution in [0.25, 0.3) is 10.8 Å². The molecule has 0 fully saturated rings. The van der Waals surface area contributed by atoms with E-state index < -0.39 is 5.41 Å². The summed E-state index contributed by atoms with van der Waals surface area (Å²) in [5.74, 6) is -0.132. The van der Waals surface area contributed by atoms with Crippen LogP contribution < -0.4 is 0 Å². The van der Waals surface area contributed by atoms with Gasteiger partial charge in [0.1, 0.15) is 5.41 Å². The molecule has 0 atom stereocenters. The van der Waals surface area contributed by atoms with Crippen LogP contribution in [0.1, 0.15) is 29.8 Å². The van der Waals surface area contributed by atoms with Crippen LogP contribution in [0.15, 0.2) is 36.4 Å². The number of benzene rings is 2. The number of hydrogen-bond donors (Lipinski definition) is 0. The molecule has 0 radical (unpaired) electrons. The Balaban J connectivity index is 2.52. The molecule has 0 saturated heterocycles. The quantitative estimate of drug-likeness (QED) is 0.744. The van der Waals surface area contributed by atoms with Gasteiger partial charge in [-0.15, -0.1) is 0 Å². The monoisotopic (exact) mass is 237 g/mol. The number of fused-ring (bicyclic) bond motifs is 1. The van der Waals surface area contributed by atoms with Crippen molar-refractivity contribution < 1.29 is 4.79 Å². The molecule has 90 valence electrons. The number of nitriles is 1. The molecule has 2 aromatic rings. The van der Waals surface area contributed by atoms with Crippen molar-refractivity contribution in [1.29, 1.82) is 5.26 Å². The molecule has 0 saturated carbocycles. The molecule has 0 aliphatic rings. The summed E-state index contributed by atoms with van der Waals surface area (Å²) in [5.41, 5.74) is 0.815. The van der Waals surface area contributed by atoms with Crippen molar-refractivity contribution in [3.8, 4) is 6.07 Å². The van der Waals surface area contributed by atoms with Crippen molar-refractivity contribution in [3.63, 3.8) is 0 Å². The van der Waals surface area contributed by atoms with Crippen LogP contribution in [0.2, 0.25) is 0 Å². The predicted octanol–water partition coefficient (Wildman–Crippen LogP) is 3.88. The van der Waals surface area contributed by atoms with Gasteiger partial charge in [0.05, 0.1) is 6.07 Å². The number of carbonyl (C=O) groups is 1. The van der Waals surface area contributed by atoms with Gasteiger partial charge in [-0.05, 0) is 37.6 Å². The Hall–Kier alpha value is -2.14. The van der Waals surface area contributed by atoms with E-state index >= 15 is 0 Å². The minimum Gasteiger partial charge on any atom is -0.292 e. The van der Waals surface area contributed by atoms with E-state index in [1.54, 1.807) is 19.9 Å². The molecule has 0 aromatic heterocycles. The highest BCUT2D eigenvalue weighted by molar-refractivity contribution is 6.04. The van der Waals surface area contributed by atoms with Crippen LogP contribution in [-0.2, 0) is 0 Å². The van der Waals surface area contributed by atoms with E-state index in [9.17, 15) is 4.79 Å². The predicted molar refractivity (Wildman–Crippen MR) is 72.4 cm³/mol. The van der Waals surface area contributed by atoms with Crippen molar-refractivity contribution in [2.24, 2.45) is 5.41 Å². The average molecular weight is 237 g/mol. The average Bonchev–Trinajstić information content (AvgIpc) is 2.37. The van der Waals surface area contributed by atoms with E-state index in [-0.39, 0.29) is 5.78 Å². The van der Waals surface area contributed by atoms with Gasteiger partial charge in [-0.25, -0.2) is 0 Å². The summed E-state index contributed by atoms with van der Waals surface area (Å²) in [4.78, 5) is 12.2. The second-order valence-electron chi connectivity index (χ2n) is 5.13. The third-order valence-electron chi connectivity index (χ3n) is 3.11. The highest BCUT2D eigenvalue weighted by Gasteiger charge is 2.28. The van der Waals surface area contributed by atoms with Crippen LogP contribution >= 0.6 is 0 Å². The zero-order chi connectivity index (χ0) is 13.3. The maximum absolute atomic E-state index is 12.2. The Morgan fingerprint density at radius 2 is 1.72 bits per heavy atom. The van der Waals surface area contributed by atoms with Crippen LogP contribution in [-0.4, -0.2) is 5.78 Å². The fourth-order valence-electron chi connectivity index (χ4n) is 1.92. The van der Waals surface area contributed by atoms with Crippen molar-refractivity contribution in [2.45, 2.75) is 20.8 Å². The standard InChI is InChI=1S/C16H15NO/c1-11-4-5-13-9-14(7-6-12(13)8-11)15(18)16(2,3)10-17/h4-9H,1-3H3. The van der Waals surface area contributed by atoms with E-state index in [1.165, 1.54) is 5.56 Å². The summed E-state index contributed by atoms with van der Waals surface area (Å²) in [6, 6.07) is 13.7. The van der Waals surface area contributed by atoms with Crippen molar-refractivity contribution in [3.05, 3.63) is 47.5 Å². The van der Waals surface area contributed by atoms with Gasteiger partial charge in [-0.2, -0.15) is 5.26 Å². The molecule has 0 unspecified atom stereocenters. The van der Waals surface area contributed by atoms with Gasteiger partial charge >= 0.3 is 0 Å². The summed E-state index contributed by atoms with van der Waals surface area (Å²) in [5, 5.41) is 11.1. The van der Waals surface area contributed by atoms with Gasteiger partial charge in [-0.1, -0.05) is 35.9 Å². The molecule has 2 aromatic carbocycles. The van der Waals surface area contributed by atoms with Gasteiger partial charge in [-0.3, -0.25) is 4.79 Å². The number of Topliss-reactive ketones (excluding diaryl/α,β-unsaturated/α-hetero) is 1. The van der Waals surface area contributed by atoms with E-state index in [1.807, 2.05) is 37.3 Å². The Bertz CT molecular complexity index is 662. The first-order valence-corrected chi connectivity index (χ1v) is 5.90. The Kier molecular flexibility index (Phi) is 2.92. The molecule has 0 heterocycles. The number of nitrogens with zero attached hydrogens (tertiary/aromatic N) is 1. The molecular formula is C16H15NO. The summed E-state index contributed by atoms with van der Waals surface area (Å²) < 4.78 is 0. The van der Waals surface area contributed by atoms with Crippen LogP contribution in [0, 0.1) is 23.7 Å². The molecule has 18 heavy (non-hydrogen) atoms. The maximum Gasteiger partial charge on any atom is 0.182 e. The molecule has 2 nitrogen and oxygen atoms in total. The third kappa shape index (κ3) is 2.12. The topological polar surface area (TPSA) is 40.9 Å². The highest BCUT2D eigenvalue weighted by atomic mass is 16.1. The molecular weight excluding hydrogens is 222 g/mol. The number of ketones is 1. The van der Waals surface area contributed by atoms with Crippen molar-refractivity contribution in [2.75, 3.05) is 0 Å². The van der Waals surface area contributed by atoms with Crippen LogP contribution in [0.3, 0.4) is 0 Å². The number of rotatable bonds is 2. The molecule has 2 rings (SSSR count). The third-order valence-corrected chi connectivity index (χ3v) is 3.11. The van der Waals surface area contributed by atoms with Gasteiger partial charge in [0.2, 0.25) is 0 Å². The lowest BCUT2D eigenvalue weighted by Gasteiger charge is -2.14. The van der Waals surface area contributed by atoms with E-state index in [2.05, 4.69) is 6.07 Å². The number of carbonyl (C=O) groups excluding carboxylic acids is 1. The first kappa shape index (κ1) is 12.3. The highest BCUT2D eigenvalue weighted by Crippen LogP contribution is 2.24. The lowest BCUT2D eigenvalue weighted by Crippen LogP contribution is -2.22. The Labute approximate surface area is 107 Å². The minimum absolute atomic E-state index is 0.132. The summed E-state index contributed by atoms with van der Waals surface area (Å²) in [6.07, 6.45) is 0. The van der Waals surface area contributed by atoms with E-state index in [0.29, 0.717) is 5.56 Å². The van der Waals surface area contributed by atoms with Crippen LogP contribution in [0.5, 0.6) is 0 Å². The van der Waals surface area contributed by atoms with Crippen LogP contribution in [0.4, 0.5) is 0 Å². The normalized spacial score (nSPS) is 11.2. The maximum atomic E-state index is 12.2. The van der Waals surface area contributed by atoms with Gasteiger partial charge in [0.25, 0.3) is 0 Å². The second-order valence-corrected chi connectivity index (χ2v) is 5.13. The van der Waals surface area contributed by atoms with Gasteiger partial charge < -0.3 is 0 Å². The minimum atomic E-state index is -0.974. The van der Waals surface area contributed by atoms with E-state index in [0.717, 1.165) is 10.8 Å².